The van der Waals surface area contributed by atoms with E-state index >= 15 is 0 Å². The minimum Gasteiger partial charge on any atom is -0.353 e. The number of hydrogen-bond acceptors (Lipinski definition) is 7. The minimum atomic E-state index is 0.1000. The lowest BCUT2D eigenvalue weighted by Gasteiger charge is -2.16. The van der Waals surface area contributed by atoms with E-state index in [9.17, 15) is 4.79 Å². The Balaban J connectivity index is 1.31. The van der Waals surface area contributed by atoms with Crippen LogP contribution in [0.4, 0.5) is 0 Å². The molecule has 1 aliphatic carbocycles. The molecular formula is C21H27N5OS3. The van der Waals surface area contributed by atoms with Gasteiger partial charge in [0.2, 0.25) is 5.91 Å². The SMILES string of the molecule is CCn1c(CSc2nc3ccccc3s2)nnc1SCC(=O)NC1CCCCCC1. The zero-order chi connectivity index (χ0) is 20.8. The summed E-state index contributed by atoms with van der Waals surface area (Å²) >= 11 is 4.87. The fourth-order valence-corrected chi connectivity index (χ4v) is 6.55. The molecule has 0 spiro atoms. The summed E-state index contributed by atoms with van der Waals surface area (Å²) < 4.78 is 4.34. The van der Waals surface area contributed by atoms with Crippen LogP contribution in [0.25, 0.3) is 10.2 Å². The maximum atomic E-state index is 12.4. The highest BCUT2D eigenvalue weighted by Gasteiger charge is 2.17. The Morgan fingerprint density at radius 1 is 1.17 bits per heavy atom. The fourth-order valence-electron chi connectivity index (χ4n) is 3.71. The molecule has 30 heavy (non-hydrogen) atoms. The lowest BCUT2D eigenvalue weighted by atomic mass is 10.1. The van der Waals surface area contributed by atoms with Crippen molar-refractivity contribution in [2.75, 3.05) is 5.75 Å². The summed E-state index contributed by atoms with van der Waals surface area (Å²) in [5.74, 6) is 2.13. The van der Waals surface area contributed by atoms with Gasteiger partial charge in [0.1, 0.15) is 5.82 Å². The number of carbonyl (C=O) groups is 1. The molecule has 0 atom stereocenters. The van der Waals surface area contributed by atoms with Gasteiger partial charge in [0.15, 0.2) is 9.50 Å². The largest absolute Gasteiger partial charge is 0.353 e. The van der Waals surface area contributed by atoms with E-state index in [0.29, 0.717) is 11.8 Å². The molecule has 1 aliphatic rings. The van der Waals surface area contributed by atoms with Crippen LogP contribution in [-0.2, 0) is 17.1 Å². The fraction of sp³-hybridized carbons (Fsp3) is 0.524. The molecule has 160 valence electrons. The molecule has 0 aliphatic heterocycles. The predicted molar refractivity (Wildman–Crippen MR) is 125 cm³/mol. The molecule has 1 amide bonds. The standard InChI is InChI=1S/C21H27N5OS3/c1-2-26-18(13-29-21-23-16-11-7-8-12-17(16)30-21)24-25-20(26)28-14-19(27)22-15-9-5-3-4-6-10-15/h7-8,11-12,15H,2-6,9-10,13-14H2,1H3,(H,22,27). The van der Waals surface area contributed by atoms with Crippen molar-refractivity contribution < 1.29 is 4.79 Å². The Morgan fingerprint density at radius 2 is 1.97 bits per heavy atom. The Morgan fingerprint density at radius 3 is 2.73 bits per heavy atom. The smallest absolute Gasteiger partial charge is 0.230 e. The average molecular weight is 462 g/mol. The zero-order valence-electron chi connectivity index (χ0n) is 17.2. The number of carbonyl (C=O) groups excluding carboxylic acids is 1. The first kappa shape index (κ1) is 21.6. The van der Waals surface area contributed by atoms with Gasteiger partial charge in [0.05, 0.1) is 21.7 Å². The first-order chi connectivity index (χ1) is 14.7. The lowest BCUT2D eigenvalue weighted by Crippen LogP contribution is -2.35. The molecule has 1 saturated carbocycles. The van der Waals surface area contributed by atoms with Crippen molar-refractivity contribution in [2.45, 2.75) is 73.3 Å². The van der Waals surface area contributed by atoms with Crippen molar-refractivity contribution in [2.24, 2.45) is 0 Å². The summed E-state index contributed by atoms with van der Waals surface area (Å²) in [5, 5.41) is 12.7. The third kappa shape index (κ3) is 5.56. The van der Waals surface area contributed by atoms with Crippen molar-refractivity contribution in [3.8, 4) is 0 Å². The Labute approximate surface area is 189 Å². The molecule has 2 heterocycles. The molecule has 0 unspecified atom stereocenters. The van der Waals surface area contributed by atoms with E-state index < -0.39 is 0 Å². The van der Waals surface area contributed by atoms with Gasteiger partial charge in [-0.05, 0) is 31.9 Å². The molecule has 3 aromatic rings. The number of rotatable bonds is 8. The highest BCUT2D eigenvalue weighted by Crippen LogP contribution is 2.31. The van der Waals surface area contributed by atoms with Gasteiger partial charge < -0.3 is 9.88 Å². The molecule has 1 fully saturated rings. The monoisotopic (exact) mass is 461 g/mol. The second-order valence-corrected chi connectivity index (χ2v) is 10.6. The molecule has 1 N–H and O–H groups in total. The van der Waals surface area contributed by atoms with Crippen LogP contribution in [0.2, 0.25) is 0 Å². The van der Waals surface area contributed by atoms with Gasteiger partial charge in [0.25, 0.3) is 0 Å². The van der Waals surface area contributed by atoms with Crippen LogP contribution in [0.15, 0.2) is 33.8 Å². The quantitative estimate of drug-likeness (QED) is 0.370. The summed E-state index contributed by atoms with van der Waals surface area (Å²) in [6, 6.07) is 8.53. The van der Waals surface area contributed by atoms with Crippen LogP contribution in [0.3, 0.4) is 0 Å². The third-order valence-corrected chi connectivity index (χ3v) is 8.40. The molecule has 0 saturated heterocycles. The maximum absolute atomic E-state index is 12.4. The van der Waals surface area contributed by atoms with Gasteiger partial charge in [0, 0.05) is 12.6 Å². The summed E-state index contributed by atoms with van der Waals surface area (Å²) in [6.07, 6.45) is 7.23. The van der Waals surface area contributed by atoms with E-state index in [-0.39, 0.29) is 5.91 Å². The Kier molecular flexibility index (Phi) is 7.67. The normalized spacial score (nSPS) is 15.4. The van der Waals surface area contributed by atoms with Gasteiger partial charge in [-0.3, -0.25) is 4.79 Å². The molecular weight excluding hydrogens is 434 g/mol. The molecule has 2 aromatic heterocycles. The summed E-state index contributed by atoms with van der Waals surface area (Å²) in [6.45, 7) is 2.88. The van der Waals surface area contributed by atoms with Gasteiger partial charge in [-0.25, -0.2) is 4.98 Å². The first-order valence-electron chi connectivity index (χ1n) is 10.6. The molecule has 0 bridgehead atoms. The number of amides is 1. The number of hydrogen-bond donors (Lipinski definition) is 1. The van der Waals surface area contributed by atoms with Gasteiger partial charge in [-0.2, -0.15) is 0 Å². The predicted octanol–water partition coefficient (Wildman–Crippen LogP) is 5.13. The second-order valence-electron chi connectivity index (χ2n) is 7.42. The van der Waals surface area contributed by atoms with Gasteiger partial charge in [-0.1, -0.05) is 61.3 Å². The molecule has 1 aromatic carbocycles. The third-order valence-electron chi connectivity index (χ3n) is 5.26. The van der Waals surface area contributed by atoms with Crippen molar-refractivity contribution in [3.63, 3.8) is 0 Å². The highest BCUT2D eigenvalue weighted by molar-refractivity contribution is 8.00. The second kappa shape index (κ2) is 10.6. The van der Waals surface area contributed by atoms with Crippen LogP contribution in [0.1, 0.15) is 51.3 Å². The number of nitrogens with zero attached hydrogens (tertiary/aromatic N) is 4. The Hall–Kier alpha value is -1.58. The number of fused-ring (bicyclic) bond motifs is 1. The topological polar surface area (TPSA) is 72.7 Å². The van der Waals surface area contributed by atoms with E-state index in [1.165, 1.54) is 42.1 Å². The lowest BCUT2D eigenvalue weighted by molar-refractivity contribution is -0.119. The zero-order valence-corrected chi connectivity index (χ0v) is 19.6. The van der Waals surface area contributed by atoms with Crippen LogP contribution in [0.5, 0.6) is 0 Å². The minimum absolute atomic E-state index is 0.1000. The number of benzene rings is 1. The summed E-state index contributed by atoms with van der Waals surface area (Å²) in [7, 11) is 0. The van der Waals surface area contributed by atoms with E-state index in [2.05, 4.69) is 38.1 Å². The number of thioether (sulfide) groups is 2. The average Bonchev–Trinajstić information content (AvgIpc) is 3.26. The van der Waals surface area contributed by atoms with Crippen LogP contribution in [0, 0.1) is 0 Å². The summed E-state index contributed by atoms with van der Waals surface area (Å²) in [4.78, 5) is 17.1. The number of thiazole rings is 1. The van der Waals surface area contributed by atoms with Gasteiger partial charge >= 0.3 is 0 Å². The molecule has 0 radical (unpaired) electrons. The molecule has 9 heteroatoms. The number of aromatic nitrogens is 4. The number of nitrogens with one attached hydrogen (secondary N) is 1. The molecule has 4 rings (SSSR count). The van der Waals surface area contributed by atoms with E-state index in [1.807, 2.05) is 18.2 Å². The van der Waals surface area contributed by atoms with E-state index in [1.54, 1.807) is 23.1 Å². The van der Waals surface area contributed by atoms with Crippen molar-refractivity contribution in [1.29, 1.82) is 0 Å². The molecule has 6 nitrogen and oxygen atoms in total. The van der Waals surface area contributed by atoms with Crippen molar-refractivity contribution in [1.82, 2.24) is 25.1 Å². The van der Waals surface area contributed by atoms with Crippen LogP contribution in [-0.4, -0.2) is 37.5 Å². The summed E-state index contributed by atoms with van der Waals surface area (Å²) in [5.41, 5.74) is 1.04. The van der Waals surface area contributed by atoms with Crippen molar-refractivity contribution >= 4 is 51.0 Å². The first-order valence-corrected chi connectivity index (χ1v) is 13.3. The van der Waals surface area contributed by atoms with Crippen LogP contribution >= 0.6 is 34.9 Å². The van der Waals surface area contributed by atoms with Gasteiger partial charge in [-0.15, -0.1) is 21.5 Å². The van der Waals surface area contributed by atoms with Crippen LogP contribution < -0.4 is 5.32 Å². The number of para-hydroxylation sites is 1. The van der Waals surface area contributed by atoms with E-state index in [4.69, 9.17) is 0 Å². The maximum Gasteiger partial charge on any atom is 0.230 e. The highest BCUT2D eigenvalue weighted by atomic mass is 32.2. The van der Waals surface area contributed by atoms with E-state index in [0.717, 1.165) is 46.0 Å². The van der Waals surface area contributed by atoms with Crippen molar-refractivity contribution in [3.05, 3.63) is 30.1 Å². The Bertz CT molecular complexity index is 945.